The van der Waals surface area contributed by atoms with Crippen LogP contribution in [0.1, 0.15) is 17.3 Å². The largest absolute Gasteiger partial charge is 0.497 e. The molecule has 0 spiro atoms. The first-order valence-electron chi connectivity index (χ1n) is 9.39. The number of fused-ring (bicyclic) bond motifs is 1. The number of piperazine rings is 1. The molecule has 2 heterocycles. The van der Waals surface area contributed by atoms with Gasteiger partial charge in [0.05, 0.1) is 29.5 Å². The van der Waals surface area contributed by atoms with E-state index in [1.165, 1.54) is 5.69 Å². The van der Waals surface area contributed by atoms with Crippen molar-refractivity contribution in [2.45, 2.75) is 6.92 Å². The van der Waals surface area contributed by atoms with Crippen LogP contribution in [0.15, 0.2) is 42.5 Å². The third kappa shape index (κ3) is 3.75. The molecule has 0 atom stereocenters. The van der Waals surface area contributed by atoms with Gasteiger partial charge in [0.1, 0.15) is 5.75 Å². The Morgan fingerprint density at radius 1 is 1.07 bits per heavy atom. The van der Waals surface area contributed by atoms with E-state index in [-0.39, 0.29) is 5.97 Å². The number of aromatic nitrogens is 1. The number of rotatable bonds is 5. The first-order valence-corrected chi connectivity index (χ1v) is 10.2. The number of esters is 1. The van der Waals surface area contributed by atoms with Gasteiger partial charge in [0, 0.05) is 31.9 Å². The highest BCUT2D eigenvalue weighted by Crippen LogP contribution is 2.31. The van der Waals surface area contributed by atoms with E-state index in [0.29, 0.717) is 12.2 Å². The van der Waals surface area contributed by atoms with Crippen LogP contribution in [-0.2, 0) is 4.74 Å². The van der Waals surface area contributed by atoms with Gasteiger partial charge in [0.15, 0.2) is 5.13 Å². The third-order valence-corrected chi connectivity index (χ3v) is 5.96. The molecule has 0 saturated carbocycles. The highest BCUT2D eigenvalue weighted by Gasteiger charge is 2.20. The molecule has 3 aromatic rings. The SMILES string of the molecule is CCOC(=O)c1ccc2nc(N3CCN(c4ccc(OC)cc4)CC3)sc2c1. The molecule has 6 nitrogen and oxygen atoms in total. The summed E-state index contributed by atoms with van der Waals surface area (Å²) in [6, 6.07) is 13.8. The molecule has 146 valence electrons. The predicted molar refractivity (Wildman–Crippen MR) is 113 cm³/mol. The summed E-state index contributed by atoms with van der Waals surface area (Å²) < 4.78 is 11.3. The maximum Gasteiger partial charge on any atom is 0.338 e. The standard InChI is InChI=1S/C21H23N3O3S/c1-3-27-20(25)15-4-9-18-19(14-15)28-21(22-18)24-12-10-23(11-13-24)16-5-7-17(26-2)8-6-16/h4-9,14H,3,10-13H2,1-2H3. The summed E-state index contributed by atoms with van der Waals surface area (Å²) in [5, 5.41) is 1.00. The quantitative estimate of drug-likeness (QED) is 0.610. The number of anilines is 2. The van der Waals surface area contributed by atoms with Gasteiger partial charge in [-0.15, -0.1) is 0 Å². The smallest absolute Gasteiger partial charge is 0.338 e. The van der Waals surface area contributed by atoms with Crippen molar-refractivity contribution >= 4 is 38.3 Å². The molecule has 0 unspecified atom stereocenters. The minimum absolute atomic E-state index is 0.285. The van der Waals surface area contributed by atoms with E-state index >= 15 is 0 Å². The Bertz CT molecular complexity index is 963. The minimum atomic E-state index is -0.285. The maximum atomic E-state index is 11.9. The van der Waals surface area contributed by atoms with Gasteiger partial charge in [-0.2, -0.15) is 0 Å². The molecule has 0 N–H and O–H groups in total. The van der Waals surface area contributed by atoms with Gasteiger partial charge >= 0.3 is 5.97 Å². The van der Waals surface area contributed by atoms with E-state index in [9.17, 15) is 4.79 Å². The lowest BCUT2D eigenvalue weighted by Crippen LogP contribution is -2.46. The van der Waals surface area contributed by atoms with Crippen molar-refractivity contribution in [2.75, 3.05) is 49.7 Å². The van der Waals surface area contributed by atoms with Crippen LogP contribution in [0.3, 0.4) is 0 Å². The van der Waals surface area contributed by atoms with Gasteiger partial charge in [0.2, 0.25) is 0 Å². The fourth-order valence-corrected chi connectivity index (χ4v) is 4.39. The van der Waals surface area contributed by atoms with Crippen LogP contribution >= 0.6 is 11.3 Å². The average molecular weight is 398 g/mol. The molecule has 1 aromatic heterocycles. The molecule has 28 heavy (non-hydrogen) atoms. The Morgan fingerprint density at radius 3 is 2.46 bits per heavy atom. The summed E-state index contributed by atoms with van der Waals surface area (Å²) in [6.45, 7) is 5.90. The fraction of sp³-hybridized carbons (Fsp3) is 0.333. The number of thiazole rings is 1. The highest BCUT2D eigenvalue weighted by molar-refractivity contribution is 7.22. The molecule has 7 heteroatoms. The van der Waals surface area contributed by atoms with Crippen LogP contribution in [0.25, 0.3) is 10.2 Å². The Hall–Kier alpha value is -2.80. The van der Waals surface area contributed by atoms with Crippen molar-refractivity contribution in [1.29, 1.82) is 0 Å². The molecular weight excluding hydrogens is 374 g/mol. The Balaban J connectivity index is 1.45. The average Bonchev–Trinajstić information content (AvgIpc) is 3.17. The molecule has 4 rings (SSSR count). The van der Waals surface area contributed by atoms with Crippen LogP contribution in [0.2, 0.25) is 0 Å². The lowest BCUT2D eigenvalue weighted by molar-refractivity contribution is 0.0526. The Labute approximate surface area is 168 Å². The van der Waals surface area contributed by atoms with Crippen LogP contribution in [0.5, 0.6) is 5.75 Å². The first kappa shape index (κ1) is 18.6. The number of benzene rings is 2. The van der Waals surface area contributed by atoms with Gasteiger partial charge in [-0.3, -0.25) is 0 Å². The second-order valence-corrected chi connectivity index (χ2v) is 7.58. The van der Waals surface area contributed by atoms with Gasteiger partial charge in [-0.1, -0.05) is 11.3 Å². The number of hydrogen-bond acceptors (Lipinski definition) is 7. The van der Waals surface area contributed by atoms with Crippen molar-refractivity contribution in [2.24, 2.45) is 0 Å². The normalized spacial score (nSPS) is 14.4. The number of carbonyl (C=O) groups is 1. The Kier molecular flexibility index (Phi) is 5.34. The molecule has 1 aliphatic rings. The molecule has 2 aromatic carbocycles. The zero-order valence-electron chi connectivity index (χ0n) is 16.1. The summed E-state index contributed by atoms with van der Waals surface area (Å²) in [4.78, 5) is 21.4. The molecule has 0 bridgehead atoms. The summed E-state index contributed by atoms with van der Waals surface area (Å²) in [5.74, 6) is 0.589. The monoisotopic (exact) mass is 397 g/mol. The van der Waals surface area contributed by atoms with Gasteiger partial charge in [0.25, 0.3) is 0 Å². The van der Waals surface area contributed by atoms with E-state index in [0.717, 1.165) is 47.3 Å². The van der Waals surface area contributed by atoms with Crippen molar-refractivity contribution in [3.05, 3.63) is 48.0 Å². The van der Waals surface area contributed by atoms with Gasteiger partial charge < -0.3 is 19.3 Å². The number of methoxy groups -OCH3 is 1. The van der Waals surface area contributed by atoms with Gasteiger partial charge in [-0.05, 0) is 49.4 Å². The first-order chi connectivity index (χ1) is 13.7. The Morgan fingerprint density at radius 2 is 1.79 bits per heavy atom. The van der Waals surface area contributed by atoms with E-state index < -0.39 is 0 Å². The summed E-state index contributed by atoms with van der Waals surface area (Å²) in [7, 11) is 1.68. The zero-order valence-corrected chi connectivity index (χ0v) is 16.9. The molecule has 1 aliphatic heterocycles. The predicted octanol–water partition coefficient (Wildman–Crippen LogP) is 3.81. The number of carbonyl (C=O) groups excluding carboxylic acids is 1. The lowest BCUT2D eigenvalue weighted by Gasteiger charge is -2.36. The van der Waals surface area contributed by atoms with Crippen LogP contribution in [0.4, 0.5) is 10.8 Å². The topological polar surface area (TPSA) is 54.9 Å². The molecule has 0 radical (unpaired) electrons. The second kappa shape index (κ2) is 8.06. The number of nitrogens with zero attached hydrogens (tertiary/aromatic N) is 3. The van der Waals surface area contributed by atoms with E-state index in [2.05, 4.69) is 21.9 Å². The summed E-state index contributed by atoms with van der Waals surface area (Å²) in [5.41, 5.74) is 2.71. The van der Waals surface area contributed by atoms with Gasteiger partial charge in [-0.25, -0.2) is 9.78 Å². The number of hydrogen-bond donors (Lipinski definition) is 0. The van der Waals surface area contributed by atoms with E-state index in [1.807, 2.05) is 31.2 Å². The van der Waals surface area contributed by atoms with Crippen LogP contribution in [0, 0.1) is 0 Å². The molecule has 0 aliphatic carbocycles. The number of ether oxygens (including phenoxy) is 2. The van der Waals surface area contributed by atoms with Crippen molar-refractivity contribution in [1.82, 2.24) is 4.98 Å². The van der Waals surface area contributed by atoms with Crippen molar-refractivity contribution in [3.63, 3.8) is 0 Å². The fourth-order valence-electron chi connectivity index (χ4n) is 3.34. The summed E-state index contributed by atoms with van der Waals surface area (Å²) >= 11 is 1.63. The lowest BCUT2D eigenvalue weighted by atomic mass is 10.2. The molecule has 1 fully saturated rings. The van der Waals surface area contributed by atoms with Crippen LogP contribution in [-0.4, -0.2) is 50.8 Å². The van der Waals surface area contributed by atoms with Crippen LogP contribution < -0.4 is 14.5 Å². The van der Waals surface area contributed by atoms with Crippen molar-refractivity contribution < 1.29 is 14.3 Å². The third-order valence-electron chi connectivity index (χ3n) is 4.88. The zero-order chi connectivity index (χ0) is 19.5. The van der Waals surface area contributed by atoms with E-state index in [4.69, 9.17) is 14.5 Å². The second-order valence-electron chi connectivity index (χ2n) is 6.57. The van der Waals surface area contributed by atoms with E-state index in [1.54, 1.807) is 24.5 Å². The summed E-state index contributed by atoms with van der Waals surface area (Å²) in [6.07, 6.45) is 0. The van der Waals surface area contributed by atoms with Crippen molar-refractivity contribution in [3.8, 4) is 5.75 Å². The highest BCUT2D eigenvalue weighted by atomic mass is 32.1. The molecule has 0 amide bonds. The molecular formula is C21H23N3O3S. The molecule has 1 saturated heterocycles. The minimum Gasteiger partial charge on any atom is -0.497 e. The maximum absolute atomic E-state index is 11.9.